The zero-order valence-electron chi connectivity index (χ0n) is 18.9. The lowest BCUT2D eigenvalue weighted by Crippen LogP contribution is -2.12. The van der Waals surface area contributed by atoms with Gasteiger partial charge in [-0.1, -0.05) is 36.8 Å². The summed E-state index contributed by atoms with van der Waals surface area (Å²) in [6, 6.07) is 16.1. The number of benzene rings is 2. The first-order valence-electron chi connectivity index (χ1n) is 11.1. The molecule has 3 aromatic rings. The van der Waals surface area contributed by atoms with E-state index < -0.39 is 0 Å². The smallest absolute Gasteiger partial charge is 0.288 e. The molecule has 1 aromatic heterocycles. The van der Waals surface area contributed by atoms with Crippen LogP contribution in [-0.2, 0) is 13.0 Å². The number of hydrogen-bond donors (Lipinski definition) is 0. The molecule has 6 heteroatoms. The van der Waals surface area contributed by atoms with Crippen LogP contribution >= 0.6 is 0 Å². The van der Waals surface area contributed by atoms with Crippen molar-refractivity contribution in [2.45, 2.75) is 45.3 Å². The topological polar surface area (TPSA) is 68.5 Å². The summed E-state index contributed by atoms with van der Waals surface area (Å²) < 4.78 is 11.7. The molecule has 32 heavy (non-hydrogen) atoms. The first kappa shape index (κ1) is 22.0. The van der Waals surface area contributed by atoms with Crippen molar-refractivity contribution in [1.82, 2.24) is 15.1 Å². The molecule has 166 valence electrons. The molecule has 0 aliphatic heterocycles. The molecule has 4 rings (SSSR count). The van der Waals surface area contributed by atoms with Gasteiger partial charge in [-0.2, -0.15) is 0 Å². The van der Waals surface area contributed by atoms with Gasteiger partial charge in [0.2, 0.25) is 11.7 Å². The van der Waals surface area contributed by atoms with Crippen molar-refractivity contribution < 1.29 is 13.9 Å². The number of aromatic nitrogens is 2. The summed E-state index contributed by atoms with van der Waals surface area (Å²) in [6.07, 6.45) is 5.11. The molecular formula is C26H29N3O3. The van der Waals surface area contributed by atoms with Crippen molar-refractivity contribution in [3.63, 3.8) is 0 Å². The monoisotopic (exact) mass is 431 g/mol. The third-order valence-corrected chi connectivity index (χ3v) is 5.58. The molecule has 0 amide bonds. The third kappa shape index (κ3) is 5.51. The van der Waals surface area contributed by atoms with Crippen LogP contribution in [0, 0.1) is 0 Å². The number of ether oxygens (including phenoxy) is 1. The highest BCUT2D eigenvalue weighted by Crippen LogP contribution is 2.29. The van der Waals surface area contributed by atoms with Crippen LogP contribution < -0.4 is 4.74 Å². The van der Waals surface area contributed by atoms with Gasteiger partial charge in [-0.15, -0.1) is 10.2 Å². The third-order valence-electron chi connectivity index (χ3n) is 5.58. The Balaban J connectivity index is 1.34. The number of ketones is 1. The van der Waals surface area contributed by atoms with Crippen molar-refractivity contribution in [1.29, 1.82) is 0 Å². The molecule has 1 aliphatic carbocycles. The molecule has 0 saturated heterocycles. The van der Waals surface area contributed by atoms with Crippen LogP contribution in [0.3, 0.4) is 0 Å². The van der Waals surface area contributed by atoms with E-state index in [-0.39, 0.29) is 17.8 Å². The molecule has 1 saturated carbocycles. The number of carbonyl (C=O) groups excluding carboxylic acids is 1. The van der Waals surface area contributed by atoms with Crippen LogP contribution in [0.25, 0.3) is 11.5 Å². The molecule has 1 unspecified atom stereocenters. The Kier molecular flexibility index (Phi) is 6.81. The number of rotatable bonds is 8. The Hall–Kier alpha value is -3.25. The van der Waals surface area contributed by atoms with Crippen molar-refractivity contribution in [2.75, 3.05) is 14.1 Å². The fraction of sp³-hybridized carbons (Fsp3) is 0.346. The Bertz CT molecular complexity index is 1080. The molecule has 2 aromatic carbocycles. The summed E-state index contributed by atoms with van der Waals surface area (Å²) in [5.74, 6) is 0.992. The lowest BCUT2D eigenvalue weighted by atomic mass is 10.1. The fourth-order valence-corrected chi connectivity index (χ4v) is 3.88. The molecule has 1 atom stereocenters. The predicted molar refractivity (Wildman–Crippen MR) is 124 cm³/mol. The van der Waals surface area contributed by atoms with E-state index >= 15 is 0 Å². The second-order valence-corrected chi connectivity index (χ2v) is 8.49. The lowest BCUT2D eigenvalue weighted by Gasteiger charge is -2.14. The average molecular weight is 432 g/mol. The highest BCUT2D eigenvalue weighted by atomic mass is 16.5. The second kappa shape index (κ2) is 9.92. The van der Waals surface area contributed by atoms with E-state index in [1.165, 1.54) is 11.1 Å². The minimum Gasteiger partial charge on any atom is -0.490 e. The van der Waals surface area contributed by atoms with E-state index in [4.69, 9.17) is 9.15 Å². The minimum atomic E-state index is -0.252. The number of nitrogens with zero attached hydrogens (tertiary/aromatic N) is 3. The Labute approximate surface area is 188 Å². The molecule has 0 N–H and O–H groups in total. The molecular weight excluding hydrogens is 402 g/mol. The first-order chi connectivity index (χ1) is 15.5. The Morgan fingerprint density at radius 3 is 2.50 bits per heavy atom. The maximum absolute atomic E-state index is 12.6. The Morgan fingerprint density at radius 2 is 1.81 bits per heavy atom. The second-order valence-electron chi connectivity index (χ2n) is 8.49. The zero-order valence-corrected chi connectivity index (χ0v) is 18.9. The summed E-state index contributed by atoms with van der Waals surface area (Å²) in [6.45, 7) is 3.01. The quantitative estimate of drug-likeness (QED) is 0.365. The summed E-state index contributed by atoms with van der Waals surface area (Å²) in [5, 5.41) is 7.99. The number of aryl methyl sites for hydroxylation is 1. The van der Waals surface area contributed by atoms with Gasteiger partial charge in [0, 0.05) is 18.5 Å². The van der Waals surface area contributed by atoms with Gasteiger partial charge in [-0.25, -0.2) is 0 Å². The predicted octanol–water partition coefficient (Wildman–Crippen LogP) is 5.10. The summed E-state index contributed by atoms with van der Waals surface area (Å²) in [4.78, 5) is 14.8. The van der Waals surface area contributed by atoms with Crippen LogP contribution in [0.1, 0.15) is 48.0 Å². The highest BCUT2D eigenvalue weighted by Gasteiger charge is 2.23. The number of carbonyl (C=O) groups is 1. The summed E-state index contributed by atoms with van der Waals surface area (Å²) in [5.41, 5.74) is 4.35. The van der Waals surface area contributed by atoms with E-state index in [2.05, 4.69) is 48.2 Å². The van der Waals surface area contributed by atoms with E-state index in [0.29, 0.717) is 5.89 Å². The zero-order chi connectivity index (χ0) is 22.5. The van der Waals surface area contributed by atoms with Crippen LogP contribution in [0.4, 0.5) is 0 Å². The Morgan fingerprint density at radius 1 is 1.09 bits per heavy atom. The van der Waals surface area contributed by atoms with Crippen molar-refractivity contribution >= 4 is 5.78 Å². The normalized spacial score (nSPS) is 17.2. The summed E-state index contributed by atoms with van der Waals surface area (Å²) >= 11 is 0. The molecule has 1 aliphatic rings. The molecule has 1 fully saturated rings. The maximum Gasteiger partial charge on any atom is 0.288 e. The van der Waals surface area contributed by atoms with E-state index in [0.717, 1.165) is 49.1 Å². The van der Waals surface area contributed by atoms with Crippen LogP contribution in [0.2, 0.25) is 0 Å². The van der Waals surface area contributed by atoms with Gasteiger partial charge in [0.1, 0.15) is 11.9 Å². The van der Waals surface area contributed by atoms with Gasteiger partial charge < -0.3 is 14.1 Å². The van der Waals surface area contributed by atoms with Gasteiger partial charge in [0.15, 0.2) is 0 Å². The van der Waals surface area contributed by atoms with Crippen molar-refractivity contribution in [2.24, 2.45) is 0 Å². The van der Waals surface area contributed by atoms with Gasteiger partial charge in [0.05, 0.1) is 0 Å². The van der Waals surface area contributed by atoms with Crippen molar-refractivity contribution in [3.05, 3.63) is 77.2 Å². The number of hydrogen-bond acceptors (Lipinski definition) is 6. The molecule has 0 spiro atoms. The minimum absolute atomic E-state index is 0.0212. The van der Waals surface area contributed by atoms with Crippen LogP contribution in [0.15, 0.2) is 64.6 Å². The lowest BCUT2D eigenvalue weighted by molar-refractivity contribution is 0.101. The summed E-state index contributed by atoms with van der Waals surface area (Å²) in [7, 11) is 4.10. The molecule has 6 nitrogen and oxygen atoms in total. The number of allylic oxidation sites excluding steroid dienone is 1. The van der Waals surface area contributed by atoms with Gasteiger partial charge >= 0.3 is 0 Å². The molecule has 1 heterocycles. The molecule has 0 radical (unpaired) electrons. The largest absolute Gasteiger partial charge is 0.490 e. The van der Waals surface area contributed by atoms with Gasteiger partial charge in [-0.3, -0.25) is 4.79 Å². The SMILES string of the molecule is CCc1ccc(-c2nnc(C(=O)/C=C3/CCC(Oc4ccc(CN(C)C)cc4)C3)o2)cc1. The van der Waals surface area contributed by atoms with Crippen LogP contribution in [-0.4, -0.2) is 41.1 Å². The van der Waals surface area contributed by atoms with Crippen molar-refractivity contribution in [3.8, 4) is 17.2 Å². The standard InChI is InChI=1S/C26H29N3O3/c1-4-18-5-10-21(11-6-18)25-27-28-26(32-25)24(30)16-20-9-14-23(15-20)31-22-12-7-19(8-13-22)17-29(2)3/h5-8,10-13,16,23H,4,9,14-15,17H2,1-3H3/b20-16-. The fourth-order valence-electron chi connectivity index (χ4n) is 3.88. The van der Waals surface area contributed by atoms with Crippen LogP contribution in [0.5, 0.6) is 5.75 Å². The maximum atomic E-state index is 12.6. The van der Waals surface area contributed by atoms with Gasteiger partial charge in [-0.05, 0) is 74.8 Å². The first-order valence-corrected chi connectivity index (χ1v) is 11.1. The van der Waals surface area contributed by atoms with E-state index in [1.807, 2.05) is 36.4 Å². The van der Waals surface area contributed by atoms with E-state index in [9.17, 15) is 4.79 Å². The van der Waals surface area contributed by atoms with Gasteiger partial charge in [0.25, 0.3) is 5.89 Å². The molecule has 0 bridgehead atoms. The highest BCUT2D eigenvalue weighted by molar-refractivity contribution is 6.01. The average Bonchev–Trinajstić information content (AvgIpc) is 3.45. The van der Waals surface area contributed by atoms with E-state index in [1.54, 1.807) is 6.08 Å².